The molecule has 1 aliphatic carbocycles. The lowest BCUT2D eigenvalue weighted by Crippen LogP contribution is -2.42. The minimum atomic E-state index is 0.624. The first-order valence-electron chi connectivity index (χ1n) is 8.32. The summed E-state index contributed by atoms with van der Waals surface area (Å²) in [5.74, 6) is 1.88. The molecule has 4 unspecified atom stereocenters. The predicted molar refractivity (Wildman–Crippen MR) is 80.4 cm³/mol. The quantitative estimate of drug-likeness (QED) is 0.886. The molecule has 2 saturated heterocycles. The van der Waals surface area contributed by atoms with Crippen LogP contribution in [-0.2, 0) is 0 Å². The van der Waals surface area contributed by atoms with E-state index in [0.717, 1.165) is 23.9 Å². The second-order valence-corrected chi connectivity index (χ2v) is 7.58. The van der Waals surface area contributed by atoms with Gasteiger partial charge in [-0.05, 0) is 67.7 Å². The van der Waals surface area contributed by atoms with Crippen LogP contribution in [0.3, 0.4) is 0 Å². The second-order valence-electron chi connectivity index (χ2n) is 7.58. The highest BCUT2D eigenvalue weighted by Gasteiger charge is 2.67. The van der Waals surface area contributed by atoms with Gasteiger partial charge in [0.25, 0.3) is 0 Å². The van der Waals surface area contributed by atoms with E-state index in [2.05, 4.69) is 41.5 Å². The fourth-order valence-corrected chi connectivity index (χ4v) is 6.28. The van der Waals surface area contributed by atoms with Crippen molar-refractivity contribution in [2.24, 2.45) is 17.3 Å². The molecule has 6 atom stereocenters. The molecule has 3 fully saturated rings. The van der Waals surface area contributed by atoms with Crippen molar-refractivity contribution in [2.75, 3.05) is 20.1 Å². The molecule has 1 aromatic carbocycles. The molecule has 1 saturated carbocycles. The third kappa shape index (κ3) is 1.23. The van der Waals surface area contributed by atoms with E-state index in [0.29, 0.717) is 5.41 Å². The summed E-state index contributed by atoms with van der Waals surface area (Å²) in [5, 5.41) is 3.42. The molecule has 5 rings (SSSR count). The van der Waals surface area contributed by atoms with Crippen LogP contribution in [0, 0.1) is 17.3 Å². The van der Waals surface area contributed by atoms with Gasteiger partial charge in [0.2, 0.25) is 0 Å². The Labute approximate surface area is 121 Å². The maximum absolute atomic E-state index is 3.42. The van der Waals surface area contributed by atoms with E-state index in [4.69, 9.17) is 0 Å². The van der Waals surface area contributed by atoms with Crippen molar-refractivity contribution in [3.63, 3.8) is 0 Å². The summed E-state index contributed by atoms with van der Waals surface area (Å²) in [6.07, 6.45) is 5.82. The zero-order valence-corrected chi connectivity index (χ0v) is 12.3. The van der Waals surface area contributed by atoms with Gasteiger partial charge in [-0.2, -0.15) is 0 Å². The Hall–Kier alpha value is -0.860. The van der Waals surface area contributed by atoms with Crippen LogP contribution in [-0.4, -0.2) is 25.0 Å². The first-order chi connectivity index (χ1) is 9.83. The minimum Gasteiger partial charge on any atom is -0.319 e. The molecule has 3 heterocycles. The van der Waals surface area contributed by atoms with Crippen LogP contribution in [0.1, 0.15) is 48.9 Å². The molecule has 2 heteroatoms. The van der Waals surface area contributed by atoms with E-state index in [1.165, 1.54) is 38.8 Å². The Morgan fingerprint density at radius 1 is 1.20 bits per heavy atom. The van der Waals surface area contributed by atoms with Crippen molar-refractivity contribution in [3.8, 4) is 0 Å². The van der Waals surface area contributed by atoms with Crippen molar-refractivity contribution in [1.82, 2.24) is 10.2 Å². The lowest BCUT2D eigenvalue weighted by Gasteiger charge is -2.47. The molecule has 1 N–H and O–H groups in total. The van der Waals surface area contributed by atoms with E-state index in [9.17, 15) is 0 Å². The van der Waals surface area contributed by atoms with Gasteiger partial charge < -0.3 is 5.32 Å². The molecular formula is C18H24N2. The molecule has 20 heavy (non-hydrogen) atoms. The molecular weight excluding hydrogens is 244 g/mol. The fourth-order valence-electron chi connectivity index (χ4n) is 6.28. The maximum Gasteiger partial charge on any atom is 0.0417 e. The monoisotopic (exact) mass is 268 g/mol. The summed E-state index contributed by atoms with van der Waals surface area (Å²) >= 11 is 0. The molecule has 0 radical (unpaired) electrons. The lowest BCUT2D eigenvalue weighted by molar-refractivity contribution is 0.0642. The Kier molecular flexibility index (Phi) is 2.27. The Morgan fingerprint density at radius 2 is 2.05 bits per heavy atom. The molecule has 1 spiro atoms. The predicted octanol–water partition coefficient (Wildman–Crippen LogP) is 3.12. The largest absolute Gasteiger partial charge is 0.319 e. The summed E-state index contributed by atoms with van der Waals surface area (Å²) in [5.41, 5.74) is 3.95. The van der Waals surface area contributed by atoms with Crippen LogP contribution in [0.25, 0.3) is 0 Å². The topological polar surface area (TPSA) is 15.3 Å². The highest BCUT2D eigenvalue weighted by Crippen LogP contribution is 2.73. The van der Waals surface area contributed by atoms with Gasteiger partial charge in [-0.3, -0.25) is 4.90 Å². The van der Waals surface area contributed by atoms with Gasteiger partial charge in [0.1, 0.15) is 0 Å². The summed E-state index contributed by atoms with van der Waals surface area (Å²) < 4.78 is 0. The van der Waals surface area contributed by atoms with Crippen LogP contribution in [0.2, 0.25) is 0 Å². The van der Waals surface area contributed by atoms with E-state index in [-0.39, 0.29) is 0 Å². The zero-order valence-electron chi connectivity index (χ0n) is 12.3. The Balaban J connectivity index is 1.56. The number of hydrogen-bond donors (Lipinski definition) is 1. The lowest BCUT2D eigenvalue weighted by atomic mass is 9.56. The molecule has 0 aromatic heterocycles. The number of fused-ring (bicyclic) bond motifs is 2. The van der Waals surface area contributed by atoms with Crippen LogP contribution >= 0.6 is 0 Å². The molecule has 4 bridgehead atoms. The third-order valence-corrected chi connectivity index (χ3v) is 6.83. The van der Waals surface area contributed by atoms with Gasteiger partial charge in [0.15, 0.2) is 0 Å². The summed E-state index contributed by atoms with van der Waals surface area (Å²) in [6, 6.07) is 10.8. The molecule has 1 aromatic rings. The van der Waals surface area contributed by atoms with Crippen molar-refractivity contribution in [1.29, 1.82) is 0 Å². The van der Waals surface area contributed by atoms with Gasteiger partial charge >= 0.3 is 0 Å². The highest BCUT2D eigenvalue weighted by molar-refractivity contribution is 5.45. The maximum atomic E-state index is 3.42. The first kappa shape index (κ1) is 11.8. The number of hydrogen-bond acceptors (Lipinski definition) is 2. The summed E-state index contributed by atoms with van der Waals surface area (Å²) in [4.78, 5) is 2.86. The van der Waals surface area contributed by atoms with Gasteiger partial charge in [-0.15, -0.1) is 0 Å². The van der Waals surface area contributed by atoms with Gasteiger partial charge in [-0.25, -0.2) is 0 Å². The third-order valence-electron chi connectivity index (χ3n) is 6.83. The molecule has 106 valence electrons. The molecule has 4 aliphatic rings. The average molecular weight is 268 g/mol. The van der Waals surface area contributed by atoms with Crippen molar-refractivity contribution in [2.45, 2.75) is 37.8 Å². The fraction of sp³-hybridized carbons (Fsp3) is 0.667. The SMILES string of the molecule is CNC[C@H]1CC[C@@H]2CN3C4CC2(C1)C3c1ccccc14. The normalized spacial score (nSPS) is 47.4. The van der Waals surface area contributed by atoms with Crippen LogP contribution < -0.4 is 5.32 Å². The number of piperidine rings is 1. The van der Waals surface area contributed by atoms with Gasteiger partial charge in [0.05, 0.1) is 0 Å². The van der Waals surface area contributed by atoms with Crippen molar-refractivity contribution < 1.29 is 0 Å². The van der Waals surface area contributed by atoms with Crippen molar-refractivity contribution in [3.05, 3.63) is 35.4 Å². The highest BCUT2D eigenvalue weighted by atomic mass is 15.3. The second kappa shape index (κ2) is 3.86. The van der Waals surface area contributed by atoms with E-state index in [1.54, 1.807) is 11.1 Å². The van der Waals surface area contributed by atoms with Crippen molar-refractivity contribution >= 4 is 0 Å². The number of rotatable bonds is 2. The Morgan fingerprint density at radius 3 is 2.90 bits per heavy atom. The smallest absolute Gasteiger partial charge is 0.0417 e. The molecule has 0 amide bonds. The van der Waals surface area contributed by atoms with E-state index < -0.39 is 0 Å². The van der Waals surface area contributed by atoms with Crippen LogP contribution in [0.4, 0.5) is 0 Å². The average Bonchev–Trinajstić information content (AvgIpc) is 3.06. The first-order valence-corrected chi connectivity index (χ1v) is 8.32. The number of nitrogens with one attached hydrogen (secondary N) is 1. The van der Waals surface area contributed by atoms with Gasteiger partial charge in [0, 0.05) is 18.6 Å². The number of nitrogens with zero attached hydrogens (tertiary/aromatic N) is 1. The minimum absolute atomic E-state index is 0.624. The zero-order chi connectivity index (χ0) is 13.3. The standard InChI is InChI=1S/C18H24N2/c1-19-10-12-6-7-13-11-20-16-9-18(13,8-12)17(20)15-5-3-2-4-14(15)16/h2-5,12-13,16-17,19H,6-11H2,1H3/t12-,13+,16?,17?,18?/m0/s1. The molecule has 3 aliphatic heterocycles. The van der Waals surface area contributed by atoms with Crippen LogP contribution in [0.5, 0.6) is 0 Å². The Bertz CT molecular complexity index is 554. The van der Waals surface area contributed by atoms with E-state index >= 15 is 0 Å². The molecule has 2 nitrogen and oxygen atoms in total. The summed E-state index contributed by atoms with van der Waals surface area (Å²) in [7, 11) is 2.11. The summed E-state index contributed by atoms with van der Waals surface area (Å²) in [6.45, 7) is 2.59. The van der Waals surface area contributed by atoms with Crippen LogP contribution in [0.15, 0.2) is 24.3 Å². The van der Waals surface area contributed by atoms with Gasteiger partial charge in [-0.1, -0.05) is 24.3 Å². The van der Waals surface area contributed by atoms with E-state index in [1.807, 2.05) is 0 Å². The number of benzene rings is 1.